The lowest BCUT2D eigenvalue weighted by molar-refractivity contribution is -0.114. The second kappa shape index (κ2) is 6.69. The van der Waals surface area contributed by atoms with Gasteiger partial charge in [-0.05, 0) is 12.1 Å². The molecule has 2 heterocycles. The Labute approximate surface area is 111 Å². The molecule has 1 aliphatic rings. The number of anilines is 1. The maximum absolute atomic E-state index is 11.7. The quantitative estimate of drug-likeness (QED) is 0.575. The van der Waals surface area contributed by atoms with Crippen molar-refractivity contribution >= 4 is 17.6 Å². The van der Waals surface area contributed by atoms with Crippen LogP contribution in [0.2, 0.25) is 0 Å². The Morgan fingerprint density at radius 1 is 1.53 bits per heavy atom. The topological polar surface area (TPSA) is 92.8 Å². The van der Waals surface area contributed by atoms with Crippen molar-refractivity contribution < 1.29 is 9.53 Å². The molecule has 0 unspecified atom stereocenters. The first-order chi connectivity index (χ1) is 9.25. The van der Waals surface area contributed by atoms with Crippen LogP contribution in [0, 0.1) is 0 Å². The molecule has 0 atom stereocenters. The van der Waals surface area contributed by atoms with Gasteiger partial charge in [-0.15, -0.1) is 0 Å². The van der Waals surface area contributed by atoms with Gasteiger partial charge in [0.25, 0.3) is 0 Å². The SMILES string of the molecule is NC(=NCC(=O)Nc1cccnc1)N1CCOCC1. The highest BCUT2D eigenvalue weighted by molar-refractivity contribution is 5.93. The van der Waals surface area contributed by atoms with Gasteiger partial charge in [-0.1, -0.05) is 0 Å². The van der Waals surface area contributed by atoms with Gasteiger partial charge in [0, 0.05) is 19.3 Å². The lowest BCUT2D eigenvalue weighted by Crippen LogP contribution is -2.45. The maximum atomic E-state index is 11.7. The van der Waals surface area contributed by atoms with Crippen LogP contribution in [0.5, 0.6) is 0 Å². The number of guanidine groups is 1. The first-order valence-corrected chi connectivity index (χ1v) is 6.08. The van der Waals surface area contributed by atoms with E-state index in [1.807, 2.05) is 4.90 Å². The molecule has 7 heteroatoms. The second-order valence-electron chi connectivity index (χ2n) is 4.06. The summed E-state index contributed by atoms with van der Waals surface area (Å²) in [7, 11) is 0. The molecular weight excluding hydrogens is 246 g/mol. The van der Waals surface area contributed by atoms with Gasteiger partial charge in [0.05, 0.1) is 25.1 Å². The van der Waals surface area contributed by atoms with Gasteiger partial charge in [-0.2, -0.15) is 0 Å². The van der Waals surface area contributed by atoms with Crippen molar-refractivity contribution in [3.63, 3.8) is 0 Å². The van der Waals surface area contributed by atoms with Crippen LogP contribution in [-0.4, -0.2) is 54.6 Å². The molecule has 2 rings (SSSR count). The second-order valence-corrected chi connectivity index (χ2v) is 4.06. The minimum atomic E-state index is -0.218. The van der Waals surface area contributed by atoms with E-state index in [4.69, 9.17) is 10.5 Å². The highest BCUT2D eigenvalue weighted by atomic mass is 16.5. The molecule has 7 nitrogen and oxygen atoms in total. The number of aliphatic imine (C=N–C) groups is 1. The predicted octanol–water partition coefficient (Wildman–Crippen LogP) is -0.333. The molecule has 1 fully saturated rings. The standard InChI is InChI=1S/C12H17N5O2/c13-12(17-4-6-19-7-5-17)15-9-11(18)16-10-2-1-3-14-8-10/h1-3,8H,4-7,9H2,(H2,13,15)(H,16,18). The zero-order chi connectivity index (χ0) is 13.5. The molecule has 19 heavy (non-hydrogen) atoms. The number of carbonyl (C=O) groups excluding carboxylic acids is 1. The number of hydrogen-bond donors (Lipinski definition) is 2. The highest BCUT2D eigenvalue weighted by Gasteiger charge is 2.12. The number of ether oxygens (including phenoxy) is 1. The van der Waals surface area contributed by atoms with Gasteiger partial charge in [-0.3, -0.25) is 9.78 Å². The van der Waals surface area contributed by atoms with Crippen LogP contribution in [0.1, 0.15) is 0 Å². The number of morpholine rings is 1. The van der Waals surface area contributed by atoms with Gasteiger partial charge in [-0.25, -0.2) is 4.99 Å². The first kappa shape index (κ1) is 13.3. The average molecular weight is 263 g/mol. The summed E-state index contributed by atoms with van der Waals surface area (Å²) in [5.74, 6) is 0.161. The van der Waals surface area contributed by atoms with Crippen molar-refractivity contribution in [2.24, 2.45) is 10.7 Å². The molecule has 1 amide bonds. The fourth-order valence-electron chi connectivity index (χ4n) is 1.68. The van der Waals surface area contributed by atoms with Crippen molar-refractivity contribution in [1.82, 2.24) is 9.88 Å². The zero-order valence-corrected chi connectivity index (χ0v) is 10.6. The van der Waals surface area contributed by atoms with Crippen molar-refractivity contribution in [2.75, 3.05) is 38.2 Å². The lowest BCUT2D eigenvalue weighted by Gasteiger charge is -2.27. The van der Waals surface area contributed by atoms with Gasteiger partial charge < -0.3 is 20.7 Å². The molecule has 0 saturated carbocycles. The Morgan fingerprint density at radius 3 is 3.00 bits per heavy atom. The summed E-state index contributed by atoms with van der Waals surface area (Å²) >= 11 is 0. The Morgan fingerprint density at radius 2 is 2.32 bits per heavy atom. The third kappa shape index (κ3) is 4.22. The monoisotopic (exact) mass is 263 g/mol. The van der Waals surface area contributed by atoms with Crippen LogP contribution in [0.15, 0.2) is 29.5 Å². The Kier molecular flexibility index (Phi) is 4.68. The van der Waals surface area contributed by atoms with Crippen molar-refractivity contribution in [3.05, 3.63) is 24.5 Å². The Hall–Kier alpha value is -2.15. The maximum Gasteiger partial charge on any atom is 0.246 e. The highest BCUT2D eigenvalue weighted by Crippen LogP contribution is 2.02. The van der Waals surface area contributed by atoms with Crippen molar-refractivity contribution in [3.8, 4) is 0 Å². The van der Waals surface area contributed by atoms with E-state index < -0.39 is 0 Å². The number of rotatable bonds is 3. The molecule has 1 saturated heterocycles. The summed E-state index contributed by atoms with van der Waals surface area (Å²) in [5.41, 5.74) is 6.46. The van der Waals surface area contributed by atoms with E-state index in [1.54, 1.807) is 24.5 Å². The molecule has 0 spiro atoms. The summed E-state index contributed by atoms with van der Waals surface area (Å²) in [5, 5.41) is 2.69. The van der Waals surface area contributed by atoms with E-state index >= 15 is 0 Å². The van der Waals surface area contributed by atoms with Crippen LogP contribution in [0.3, 0.4) is 0 Å². The van der Waals surface area contributed by atoms with Gasteiger partial charge in [0.15, 0.2) is 5.96 Å². The molecule has 3 N–H and O–H groups in total. The van der Waals surface area contributed by atoms with E-state index in [2.05, 4.69) is 15.3 Å². The molecule has 0 aliphatic carbocycles. The van der Waals surface area contributed by atoms with Gasteiger partial charge >= 0.3 is 0 Å². The van der Waals surface area contributed by atoms with E-state index in [0.717, 1.165) is 0 Å². The van der Waals surface area contributed by atoms with Crippen LogP contribution in [0.4, 0.5) is 5.69 Å². The number of nitrogens with zero attached hydrogens (tertiary/aromatic N) is 3. The molecule has 1 aromatic rings. The minimum absolute atomic E-state index is 0.00190. The van der Waals surface area contributed by atoms with Gasteiger partial charge in [0.1, 0.15) is 6.54 Å². The molecule has 0 aromatic carbocycles. The number of hydrogen-bond acceptors (Lipinski definition) is 4. The number of carbonyl (C=O) groups is 1. The predicted molar refractivity (Wildman–Crippen MR) is 71.7 cm³/mol. The van der Waals surface area contributed by atoms with Crippen LogP contribution >= 0.6 is 0 Å². The van der Waals surface area contributed by atoms with Crippen molar-refractivity contribution in [2.45, 2.75) is 0 Å². The summed E-state index contributed by atoms with van der Waals surface area (Å²) in [6, 6.07) is 3.51. The number of nitrogens with two attached hydrogens (primary N) is 1. The number of pyridine rings is 1. The van der Waals surface area contributed by atoms with Gasteiger partial charge in [0.2, 0.25) is 5.91 Å². The Balaban J connectivity index is 1.82. The number of amides is 1. The van der Waals surface area contributed by atoms with Crippen LogP contribution in [0.25, 0.3) is 0 Å². The lowest BCUT2D eigenvalue weighted by atomic mass is 10.4. The van der Waals surface area contributed by atoms with E-state index in [1.165, 1.54) is 0 Å². The molecule has 1 aliphatic heterocycles. The summed E-state index contributed by atoms with van der Waals surface area (Å²) in [4.78, 5) is 21.5. The van der Waals surface area contributed by atoms with Crippen LogP contribution < -0.4 is 11.1 Å². The summed E-state index contributed by atoms with van der Waals surface area (Å²) in [6.07, 6.45) is 3.22. The normalized spacial score (nSPS) is 16.2. The summed E-state index contributed by atoms with van der Waals surface area (Å²) in [6.45, 7) is 2.69. The Bertz CT molecular complexity index is 443. The van der Waals surface area contributed by atoms with Crippen LogP contribution in [-0.2, 0) is 9.53 Å². The van der Waals surface area contributed by atoms with E-state index in [9.17, 15) is 4.79 Å². The molecule has 1 aromatic heterocycles. The van der Waals surface area contributed by atoms with E-state index in [-0.39, 0.29) is 12.5 Å². The zero-order valence-electron chi connectivity index (χ0n) is 10.6. The molecule has 0 bridgehead atoms. The third-order valence-electron chi connectivity index (χ3n) is 2.67. The fourth-order valence-corrected chi connectivity index (χ4v) is 1.68. The minimum Gasteiger partial charge on any atom is -0.378 e. The summed E-state index contributed by atoms with van der Waals surface area (Å²) < 4.78 is 5.22. The van der Waals surface area contributed by atoms with Crippen molar-refractivity contribution in [1.29, 1.82) is 0 Å². The smallest absolute Gasteiger partial charge is 0.246 e. The molecular formula is C12H17N5O2. The number of nitrogens with one attached hydrogen (secondary N) is 1. The molecule has 102 valence electrons. The largest absolute Gasteiger partial charge is 0.378 e. The third-order valence-corrected chi connectivity index (χ3v) is 2.67. The average Bonchev–Trinajstić information content (AvgIpc) is 2.47. The number of aromatic nitrogens is 1. The van der Waals surface area contributed by atoms with E-state index in [0.29, 0.717) is 38.0 Å². The first-order valence-electron chi connectivity index (χ1n) is 6.08. The molecule has 0 radical (unpaired) electrons. The fraction of sp³-hybridized carbons (Fsp3) is 0.417.